The minimum Gasteiger partial charge on any atom is -0.493 e. The molecule has 29 heavy (non-hydrogen) atoms. The Bertz CT molecular complexity index is 1040. The highest BCUT2D eigenvalue weighted by molar-refractivity contribution is 7.15. The summed E-state index contributed by atoms with van der Waals surface area (Å²) in [5, 5.41) is 5.00. The molecule has 1 amide bonds. The summed E-state index contributed by atoms with van der Waals surface area (Å²) in [7, 11) is 3.10. The van der Waals surface area contributed by atoms with Crippen LogP contribution in [0.3, 0.4) is 0 Å². The van der Waals surface area contributed by atoms with Gasteiger partial charge in [-0.15, -0.1) is 11.3 Å². The van der Waals surface area contributed by atoms with E-state index in [2.05, 4.69) is 5.32 Å². The number of thiophene rings is 1. The van der Waals surface area contributed by atoms with Gasteiger partial charge in [-0.3, -0.25) is 4.79 Å². The Labute approximate surface area is 172 Å². The monoisotopic (exact) mass is 415 g/mol. The summed E-state index contributed by atoms with van der Waals surface area (Å²) in [6, 6.07) is 6.93. The molecule has 0 atom stereocenters. The van der Waals surface area contributed by atoms with E-state index < -0.39 is 5.97 Å². The van der Waals surface area contributed by atoms with E-state index in [4.69, 9.17) is 18.6 Å². The number of hydrogen-bond acceptors (Lipinski definition) is 7. The Hall–Kier alpha value is -3.26. The molecular formula is C21H21NO6S. The molecule has 0 aliphatic heterocycles. The van der Waals surface area contributed by atoms with Gasteiger partial charge in [0.05, 0.1) is 32.7 Å². The first-order valence-electron chi connectivity index (χ1n) is 8.86. The molecule has 2 heterocycles. The number of amides is 1. The molecule has 0 unspecified atom stereocenters. The van der Waals surface area contributed by atoms with Gasteiger partial charge < -0.3 is 23.9 Å². The highest BCUT2D eigenvalue weighted by Gasteiger charge is 2.24. The van der Waals surface area contributed by atoms with Gasteiger partial charge in [-0.2, -0.15) is 0 Å². The van der Waals surface area contributed by atoms with Crippen LogP contribution in [0.5, 0.6) is 11.5 Å². The third-order valence-corrected chi connectivity index (χ3v) is 5.19. The van der Waals surface area contributed by atoms with Gasteiger partial charge in [-0.1, -0.05) is 6.07 Å². The van der Waals surface area contributed by atoms with E-state index >= 15 is 0 Å². The highest BCUT2D eigenvalue weighted by atomic mass is 32.1. The lowest BCUT2D eigenvalue weighted by atomic mass is 10.0. The van der Waals surface area contributed by atoms with Crippen LogP contribution in [0.4, 0.5) is 5.00 Å². The smallest absolute Gasteiger partial charge is 0.341 e. The number of anilines is 1. The molecule has 2 aromatic heterocycles. The number of furan rings is 1. The number of methoxy groups -OCH3 is 2. The average molecular weight is 415 g/mol. The maximum absolute atomic E-state index is 12.7. The topological polar surface area (TPSA) is 87.0 Å². The summed E-state index contributed by atoms with van der Waals surface area (Å²) in [4.78, 5) is 25.3. The number of hydrogen-bond donors (Lipinski definition) is 1. The predicted octanol–water partition coefficient (Wildman–Crippen LogP) is 4.76. The van der Waals surface area contributed by atoms with Gasteiger partial charge >= 0.3 is 5.97 Å². The zero-order valence-corrected chi connectivity index (χ0v) is 17.3. The van der Waals surface area contributed by atoms with E-state index in [0.717, 1.165) is 5.56 Å². The van der Waals surface area contributed by atoms with Crippen molar-refractivity contribution in [2.45, 2.75) is 13.8 Å². The molecule has 7 nitrogen and oxygen atoms in total. The van der Waals surface area contributed by atoms with Crippen molar-refractivity contribution in [2.24, 2.45) is 0 Å². The normalized spacial score (nSPS) is 10.5. The summed E-state index contributed by atoms with van der Waals surface area (Å²) < 4.78 is 21.1. The molecule has 0 saturated heterocycles. The van der Waals surface area contributed by atoms with Gasteiger partial charge in [-0.05, 0) is 37.6 Å². The molecule has 1 aromatic carbocycles. The van der Waals surface area contributed by atoms with Crippen LogP contribution < -0.4 is 14.8 Å². The second kappa shape index (κ2) is 8.83. The first kappa shape index (κ1) is 20.5. The maximum Gasteiger partial charge on any atom is 0.341 e. The SMILES string of the molecule is CCOC(=O)c1c(-c2ccc(OC)c(OC)c2)csc1NC(=O)c1ccoc1C. The van der Waals surface area contributed by atoms with Crippen molar-refractivity contribution in [1.82, 2.24) is 0 Å². The fourth-order valence-electron chi connectivity index (χ4n) is 2.86. The standard InChI is InChI=1S/C21H21NO6S/c1-5-27-21(24)18-15(13-6-7-16(25-3)17(10-13)26-4)11-29-20(18)22-19(23)14-8-9-28-12(14)2/h6-11H,5H2,1-4H3,(H,22,23). The van der Waals surface area contributed by atoms with E-state index in [0.29, 0.717) is 39.0 Å². The number of aryl methyl sites for hydroxylation is 1. The number of benzene rings is 1. The van der Waals surface area contributed by atoms with Crippen molar-refractivity contribution in [2.75, 3.05) is 26.1 Å². The van der Waals surface area contributed by atoms with E-state index in [1.54, 1.807) is 51.6 Å². The van der Waals surface area contributed by atoms with Crippen LogP contribution in [-0.4, -0.2) is 32.7 Å². The Kier molecular flexibility index (Phi) is 6.23. The first-order valence-corrected chi connectivity index (χ1v) is 9.74. The molecule has 3 rings (SSSR count). The fourth-order valence-corrected chi connectivity index (χ4v) is 3.82. The summed E-state index contributed by atoms with van der Waals surface area (Å²) in [5.74, 6) is 0.732. The van der Waals surface area contributed by atoms with Crippen LogP contribution in [0.15, 0.2) is 40.3 Å². The minimum atomic E-state index is -0.516. The molecule has 3 aromatic rings. The van der Waals surface area contributed by atoms with Gasteiger partial charge in [0.25, 0.3) is 5.91 Å². The van der Waals surface area contributed by atoms with Crippen molar-refractivity contribution in [3.05, 3.63) is 52.8 Å². The van der Waals surface area contributed by atoms with Crippen LogP contribution >= 0.6 is 11.3 Å². The molecule has 0 fully saturated rings. The maximum atomic E-state index is 12.7. The van der Waals surface area contributed by atoms with Crippen LogP contribution in [0.2, 0.25) is 0 Å². The summed E-state index contributed by atoms with van der Waals surface area (Å²) in [6.07, 6.45) is 1.44. The number of esters is 1. The summed E-state index contributed by atoms with van der Waals surface area (Å²) in [6.45, 7) is 3.65. The largest absolute Gasteiger partial charge is 0.493 e. The summed E-state index contributed by atoms with van der Waals surface area (Å²) >= 11 is 1.24. The molecule has 0 radical (unpaired) electrons. The van der Waals surface area contributed by atoms with Crippen LogP contribution in [0, 0.1) is 6.92 Å². The van der Waals surface area contributed by atoms with Crippen LogP contribution in [-0.2, 0) is 4.74 Å². The molecular weight excluding hydrogens is 394 g/mol. The number of rotatable bonds is 7. The van der Waals surface area contributed by atoms with Crippen LogP contribution in [0.1, 0.15) is 33.4 Å². The van der Waals surface area contributed by atoms with Gasteiger partial charge in [0, 0.05) is 10.9 Å². The summed E-state index contributed by atoms with van der Waals surface area (Å²) in [5.41, 5.74) is 2.06. The van der Waals surface area contributed by atoms with Gasteiger partial charge in [0.2, 0.25) is 0 Å². The molecule has 1 N–H and O–H groups in total. The number of nitrogens with one attached hydrogen (secondary N) is 1. The van der Waals surface area contributed by atoms with E-state index in [1.165, 1.54) is 17.6 Å². The second-order valence-electron chi connectivity index (χ2n) is 5.99. The van der Waals surface area contributed by atoms with Gasteiger partial charge in [-0.25, -0.2) is 4.79 Å². The number of carbonyl (C=O) groups excluding carboxylic acids is 2. The third-order valence-electron chi connectivity index (χ3n) is 4.30. The van der Waals surface area contributed by atoms with E-state index in [-0.39, 0.29) is 12.5 Å². The number of ether oxygens (including phenoxy) is 3. The molecule has 0 bridgehead atoms. The fraction of sp³-hybridized carbons (Fsp3) is 0.238. The Morgan fingerprint density at radius 1 is 1.14 bits per heavy atom. The lowest BCUT2D eigenvalue weighted by Gasteiger charge is -2.11. The van der Waals surface area contributed by atoms with Crippen LogP contribution in [0.25, 0.3) is 11.1 Å². The van der Waals surface area contributed by atoms with Crippen molar-refractivity contribution >= 4 is 28.2 Å². The Morgan fingerprint density at radius 2 is 1.90 bits per heavy atom. The van der Waals surface area contributed by atoms with Gasteiger partial charge in [0.15, 0.2) is 11.5 Å². The molecule has 152 valence electrons. The van der Waals surface area contributed by atoms with E-state index in [1.807, 2.05) is 6.07 Å². The lowest BCUT2D eigenvalue weighted by molar-refractivity contribution is 0.0529. The predicted molar refractivity (Wildman–Crippen MR) is 110 cm³/mol. The molecule has 8 heteroatoms. The quantitative estimate of drug-likeness (QED) is 0.560. The highest BCUT2D eigenvalue weighted by Crippen LogP contribution is 2.39. The van der Waals surface area contributed by atoms with Crippen molar-refractivity contribution in [3.8, 4) is 22.6 Å². The van der Waals surface area contributed by atoms with Gasteiger partial charge in [0.1, 0.15) is 16.3 Å². The van der Waals surface area contributed by atoms with Crippen molar-refractivity contribution in [1.29, 1.82) is 0 Å². The zero-order chi connectivity index (χ0) is 21.0. The van der Waals surface area contributed by atoms with Crippen molar-refractivity contribution < 1.29 is 28.2 Å². The lowest BCUT2D eigenvalue weighted by Crippen LogP contribution is -2.15. The minimum absolute atomic E-state index is 0.217. The first-order chi connectivity index (χ1) is 14.0. The third kappa shape index (κ3) is 4.12. The molecule has 0 aliphatic carbocycles. The second-order valence-corrected chi connectivity index (χ2v) is 6.87. The molecule has 0 spiro atoms. The Balaban J connectivity index is 2.03. The zero-order valence-electron chi connectivity index (χ0n) is 16.5. The van der Waals surface area contributed by atoms with Crippen molar-refractivity contribution in [3.63, 3.8) is 0 Å². The Morgan fingerprint density at radius 3 is 2.52 bits per heavy atom. The average Bonchev–Trinajstić information content (AvgIpc) is 3.33. The number of carbonyl (C=O) groups is 2. The molecule has 0 saturated carbocycles. The van der Waals surface area contributed by atoms with E-state index in [9.17, 15) is 9.59 Å². The molecule has 0 aliphatic rings.